The lowest BCUT2D eigenvalue weighted by molar-refractivity contribution is 1.29. The summed E-state index contributed by atoms with van der Waals surface area (Å²) in [5.74, 6) is 0. The van der Waals surface area contributed by atoms with Crippen molar-refractivity contribution in [1.82, 2.24) is 4.98 Å². The van der Waals surface area contributed by atoms with Gasteiger partial charge in [0.1, 0.15) is 4.83 Å². The van der Waals surface area contributed by atoms with Gasteiger partial charge in [-0.25, -0.2) is 4.98 Å². The topological polar surface area (TPSA) is 16.1 Å². The molecule has 206 valence electrons. The van der Waals surface area contributed by atoms with Gasteiger partial charge in [-0.3, -0.25) is 0 Å². The maximum absolute atomic E-state index is 4.83. The second kappa shape index (κ2) is 10.0. The lowest BCUT2D eigenvalue weighted by Gasteiger charge is -2.26. The van der Waals surface area contributed by atoms with Crippen LogP contribution in [0.1, 0.15) is 0 Å². The molecule has 2 aromatic heterocycles. The fraction of sp³-hybridized carbons (Fsp3) is 0. The SMILES string of the molecule is c1ccc(N(c2ccc(-c3cnc4sc5ccccc5c4c3)cc2)c2ccc3ccc4c5ccccc5ccc4c3c2)cc1. The minimum Gasteiger partial charge on any atom is -0.310 e. The molecule has 0 aliphatic carbocycles. The van der Waals surface area contributed by atoms with E-state index in [1.807, 2.05) is 6.20 Å². The predicted octanol–water partition coefficient (Wildman–Crippen LogP) is 12.0. The zero-order valence-electron chi connectivity index (χ0n) is 23.8. The zero-order valence-corrected chi connectivity index (χ0v) is 24.6. The van der Waals surface area contributed by atoms with Crippen molar-refractivity contribution in [2.24, 2.45) is 0 Å². The number of nitrogens with zero attached hydrogens (tertiary/aromatic N) is 2. The van der Waals surface area contributed by atoms with E-state index in [0.29, 0.717) is 0 Å². The van der Waals surface area contributed by atoms with Crippen LogP contribution in [0.25, 0.3) is 63.7 Å². The third kappa shape index (κ3) is 4.05. The normalized spacial score (nSPS) is 11.6. The maximum Gasteiger partial charge on any atom is 0.124 e. The summed E-state index contributed by atoms with van der Waals surface area (Å²) < 4.78 is 1.28. The largest absolute Gasteiger partial charge is 0.310 e. The Morgan fingerprint density at radius 3 is 1.89 bits per heavy atom. The summed E-state index contributed by atoms with van der Waals surface area (Å²) in [6, 6.07) is 54.8. The summed E-state index contributed by atoms with van der Waals surface area (Å²) in [6.07, 6.45) is 2.00. The average molecular weight is 579 g/mol. The van der Waals surface area contributed by atoms with Crippen molar-refractivity contribution in [3.05, 3.63) is 158 Å². The number of rotatable bonds is 4. The van der Waals surface area contributed by atoms with Crippen LogP contribution >= 0.6 is 11.3 Å². The number of hydrogen-bond acceptors (Lipinski definition) is 3. The number of thiophene rings is 1. The first-order valence-electron chi connectivity index (χ1n) is 14.9. The molecule has 0 saturated carbocycles. The summed E-state index contributed by atoms with van der Waals surface area (Å²) >= 11 is 1.75. The number of aromatic nitrogens is 1. The van der Waals surface area contributed by atoms with E-state index in [1.54, 1.807) is 11.3 Å². The first-order chi connectivity index (χ1) is 21.8. The van der Waals surface area contributed by atoms with Crippen LogP contribution in [0.4, 0.5) is 17.1 Å². The number of anilines is 3. The number of para-hydroxylation sites is 1. The van der Waals surface area contributed by atoms with Gasteiger partial charge in [0.2, 0.25) is 0 Å². The quantitative estimate of drug-likeness (QED) is 0.193. The first-order valence-corrected chi connectivity index (χ1v) is 15.7. The Kier molecular flexibility index (Phi) is 5.71. The molecule has 0 N–H and O–H groups in total. The molecule has 0 radical (unpaired) electrons. The van der Waals surface area contributed by atoms with Gasteiger partial charge in [-0.05, 0) is 86.4 Å². The highest BCUT2D eigenvalue weighted by Crippen LogP contribution is 2.40. The minimum absolute atomic E-state index is 1.08. The average Bonchev–Trinajstić information content (AvgIpc) is 3.47. The summed E-state index contributed by atoms with van der Waals surface area (Å²) in [5.41, 5.74) is 5.65. The van der Waals surface area contributed by atoms with Crippen LogP contribution in [0.3, 0.4) is 0 Å². The second-order valence-electron chi connectivity index (χ2n) is 11.2. The van der Waals surface area contributed by atoms with Crippen molar-refractivity contribution in [1.29, 1.82) is 0 Å². The lowest BCUT2D eigenvalue weighted by Crippen LogP contribution is -2.09. The molecule has 0 atom stereocenters. The van der Waals surface area contributed by atoms with Gasteiger partial charge in [-0.1, -0.05) is 103 Å². The fourth-order valence-electron chi connectivity index (χ4n) is 6.54. The van der Waals surface area contributed by atoms with Crippen LogP contribution in [0.15, 0.2) is 158 Å². The molecule has 0 amide bonds. The van der Waals surface area contributed by atoms with Gasteiger partial charge in [0, 0.05) is 44.3 Å². The van der Waals surface area contributed by atoms with Crippen LogP contribution in [0.5, 0.6) is 0 Å². The molecule has 0 aliphatic rings. The van der Waals surface area contributed by atoms with E-state index in [-0.39, 0.29) is 0 Å². The summed E-state index contributed by atoms with van der Waals surface area (Å²) in [5, 5.41) is 10.1. The molecule has 0 fully saturated rings. The zero-order chi connectivity index (χ0) is 29.0. The Morgan fingerprint density at radius 2 is 1.05 bits per heavy atom. The van der Waals surface area contributed by atoms with E-state index in [9.17, 15) is 0 Å². The Balaban J connectivity index is 1.17. The molecule has 0 bridgehead atoms. The van der Waals surface area contributed by atoms with E-state index >= 15 is 0 Å². The second-order valence-corrected chi connectivity index (χ2v) is 12.3. The highest BCUT2D eigenvalue weighted by atomic mass is 32.1. The van der Waals surface area contributed by atoms with Crippen LogP contribution in [0.2, 0.25) is 0 Å². The number of hydrogen-bond donors (Lipinski definition) is 0. The molecule has 3 heteroatoms. The Bertz CT molecular complexity index is 2490. The summed E-state index contributed by atoms with van der Waals surface area (Å²) in [7, 11) is 0. The molecule has 0 saturated heterocycles. The number of benzene rings is 7. The van der Waals surface area contributed by atoms with Crippen molar-refractivity contribution in [2.45, 2.75) is 0 Å². The Labute approximate surface area is 259 Å². The molecule has 0 aliphatic heterocycles. The third-order valence-electron chi connectivity index (χ3n) is 8.69. The predicted molar refractivity (Wildman–Crippen MR) is 190 cm³/mol. The molecule has 2 nitrogen and oxygen atoms in total. The molecule has 0 spiro atoms. The van der Waals surface area contributed by atoms with Crippen LogP contribution in [-0.4, -0.2) is 4.98 Å². The highest BCUT2D eigenvalue weighted by molar-refractivity contribution is 7.25. The summed E-state index contributed by atoms with van der Waals surface area (Å²) in [6.45, 7) is 0. The van der Waals surface area contributed by atoms with Crippen molar-refractivity contribution in [3.8, 4) is 11.1 Å². The van der Waals surface area contributed by atoms with Gasteiger partial charge >= 0.3 is 0 Å². The monoisotopic (exact) mass is 578 g/mol. The van der Waals surface area contributed by atoms with E-state index in [2.05, 4.69) is 157 Å². The smallest absolute Gasteiger partial charge is 0.124 e. The Morgan fingerprint density at radius 1 is 0.409 bits per heavy atom. The van der Waals surface area contributed by atoms with E-state index in [0.717, 1.165) is 33.0 Å². The molecule has 9 rings (SSSR count). The van der Waals surface area contributed by atoms with Gasteiger partial charge in [-0.2, -0.15) is 0 Å². The summed E-state index contributed by atoms with van der Waals surface area (Å²) in [4.78, 5) is 8.25. The molecule has 44 heavy (non-hydrogen) atoms. The van der Waals surface area contributed by atoms with Crippen molar-refractivity contribution < 1.29 is 0 Å². The molecular formula is C41H26N2S. The highest BCUT2D eigenvalue weighted by Gasteiger charge is 2.15. The van der Waals surface area contributed by atoms with Gasteiger partial charge in [0.15, 0.2) is 0 Å². The van der Waals surface area contributed by atoms with Gasteiger partial charge in [0.05, 0.1) is 0 Å². The van der Waals surface area contributed by atoms with Crippen molar-refractivity contribution >= 4 is 81.0 Å². The standard InChI is InChI=1S/C41H26N2S/c1-2-9-31(10-3-1)43(33-21-16-29-18-22-35-34-11-5-4-8-28(34)17-23-36(35)38(29)25-33)32-19-14-27(15-20-32)30-24-39-37-12-6-7-13-40(37)44-41(39)42-26-30/h1-26H. The molecular weight excluding hydrogens is 553 g/mol. The van der Waals surface area contributed by atoms with Gasteiger partial charge < -0.3 is 4.90 Å². The fourth-order valence-corrected chi connectivity index (χ4v) is 7.57. The molecule has 2 heterocycles. The van der Waals surface area contributed by atoms with Crippen LogP contribution in [-0.2, 0) is 0 Å². The molecule has 0 unspecified atom stereocenters. The van der Waals surface area contributed by atoms with E-state index < -0.39 is 0 Å². The number of pyridine rings is 1. The number of fused-ring (bicyclic) bond motifs is 8. The van der Waals surface area contributed by atoms with Crippen LogP contribution < -0.4 is 4.90 Å². The maximum atomic E-state index is 4.83. The molecule has 9 aromatic rings. The Hall–Kier alpha value is -5.51. The molecule has 7 aromatic carbocycles. The van der Waals surface area contributed by atoms with Crippen LogP contribution in [0, 0.1) is 0 Å². The van der Waals surface area contributed by atoms with Gasteiger partial charge in [0.25, 0.3) is 0 Å². The minimum atomic E-state index is 1.08. The third-order valence-corrected chi connectivity index (χ3v) is 9.79. The van der Waals surface area contributed by atoms with Gasteiger partial charge in [-0.15, -0.1) is 11.3 Å². The van der Waals surface area contributed by atoms with Crippen molar-refractivity contribution in [3.63, 3.8) is 0 Å². The van der Waals surface area contributed by atoms with E-state index in [1.165, 1.54) is 47.8 Å². The lowest BCUT2D eigenvalue weighted by atomic mass is 9.96. The first kappa shape index (κ1) is 25.0. The van der Waals surface area contributed by atoms with Crippen molar-refractivity contribution in [2.75, 3.05) is 4.90 Å². The van der Waals surface area contributed by atoms with E-state index in [4.69, 9.17) is 4.98 Å².